The Bertz CT molecular complexity index is 392. The van der Waals surface area contributed by atoms with Crippen LogP contribution in [-0.4, -0.2) is 25.5 Å². The number of esters is 1. The fraction of sp³-hybridized carbons (Fsp3) is 0.333. The molecule has 1 amide bonds. The van der Waals surface area contributed by atoms with Gasteiger partial charge in [0.25, 0.3) is 5.91 Å². The van der Waals surface area contributed by atoms with E-state index in [1.807, 2.05) is 32.0 Å². The number of rotatable bonds is 3. The number of ether oxygens (including phenoxy) is 1. The first-order valence-corrected chi connectivity index (χ1v) is 4.97. The minimum absolute atomic E-state index is 0.108. The summed E-state index contributed by atoms with van der Waals surface area (Å²) in [6.07, 6.45) is 0. The van der Waals surface area contributed by atoms with Crippen molar-refractivity contribution >= 4 is 11.9 Å². The molecule has 16 heavy (non-hydrogen) atoms. The van der Waals surface area contributed by atoms with E-state index in [2.05, 4.69) is 10.1 Å². The highest BCUT2D eigenvalue weighted by atomic mass is 16.5. The summed E-state index contributed by atoms with van der Waals surface area (Å²) < 4.78 is 4.44. The maximum atomic E-state index is 11.8. The maximum Gasteiger partial charge on any atom is 0.325 e. The first kappa shape index (κ1) is 12.2. The minimum Gasteiger partial charge on any atom is -0.468 e. The molecule has 0 radical (unpaired) electrons. The summed E-state index contributed by atoms with van der Waals surface area (Å²) in [6, 6.07) is 5.61. The van der Waals surface area contributed by atoms with Crippen molar-refractivity contribution in [3.05, 3.63) is 34.9 Å². The number of aryl methyl sites for hydroxylation is 2. The number of benzene rings is 1. The summed E-state index contributed by atoms with van der Waals surface area (Å²) in [7, 11) is 1.29. The van der Waals surface area contributed by atoms with Gasteiger partial charge in [0.2, 0.25) is 0 Å². The van der Waals surface area contributed by atoms with Crippen LogP contribution in [-0.2, 0) is 9.53 Å². The molecule has 0 spiro atoms. The number of carbonyl (C=O) groups is 2. The van der Waals surface area contributed by atoms with Gasteiger partial charge in [-0.1, -0.05) is 18.2 Å². The molecular weight excluding hydrogens is 206 g/mol. The van der Waals surface area contributed by atoms with Gasteiger partial charge >= 0.3 is 5.97 Å². The van der Waals surface area contributed by atoms with Gasteiger partial charge in [-0.05, 0) is 25.0 Å². The molecule has 0 aliphatic carbocycles. The van der Waals surface area contributed by atoms with Crippen molar-refractivity contribution in [2.45, 2.75) is 13.8 Å². The molecule has 4 heteroatoms. The highest BCUT2D eigenvalue weighted by Gasteiger charge is 2.12. The first-order chi connectivity index (χ1) is 7.56. The molecule has 4 nitrogen and oxygen atoms in total. The van der Waals surface area contributed by atoms with Gasteiger partial charge in [-0.2, -0.15) is 0 Å². The van der Waals surface area contributed by atoms with Crippen molar-refractivity contribution in [3.63, 3.8) is 0 Å². The van der Waals surface area contributed by atoms with Crippen LogP contribution in [0.4, 0.5) is 0 Å². The normalized spacial score (nSPS) is 9.69. The third-order valence-electron chi connectivity index (χ3n) is 2.33. The van der Waals surface area contributed by atoms with Gasteiger partial charge in [0, 0.05) is 5.56 Å². The zero-order valence-corrected chi connectivity index (χ0v) is 9.66. The van der Waals surface area contributed by atoms with Crippen LogP contribution in [0.5, 0.6) is 0 Å². The molecule has 0 fully saturated rings. The standard InChI is InChI=1S/C12H15NO3/c1-8-5-4-6-9(2)11(8)12(15)13-7-10(14)16-3/h4-6H,7H2,1-3H3,(H,13,15). The number of carbonyl (C=O) groups excluding carboxylic acids is 2. The molecule has 1 aromatic rings. The van der Waals surface area contributed by atoms with Crippen LogP contribution < -0.4 is 5.32 Å². The number of methoxy groups -OCH3 is 1. The third-order valence-corrected chi connectivity index (χ3v) is 2.33. The average molecular weight is 221 g/mol. The second kappa shape index (κ2) is 5.30. The molecule has 1 rings (SSSR count). The van der Waals surface area contributed by atoms with Gasteiger partial charge in [0.05, 0.1) is 7.11 Å². The van der Waals surface area contributed by atoms with Gasteiger partial charge in [0.15, 0.2) is 0 Å². The summed E-state index contributed by atoms with van der Waals surface area (Å²) in [6.45, 7) is 3.61. The van der Waals surface area contributed by atoms with Crippen LogP contribution in [0.25, 0.3) is 0 Å². The van der Waals surface area contributed by atoms with Crippen LogP contribution >= 0.6 is 0 Å². The van der Waals surface area contributed by atoms with E-state index < -0.39 is 5.97 Å². The van der Waals surface area contributed by atoms with Gasteiger partial charge in [-0.15, -0.1) is 0 Å². The molecule has 1 aromatic carbocycles. The molecule has 0 saturated heterocycles. The van der Waals surface area contributed by atoms with Crippen LogP contribution in [0.1, 0.15) is 21.5 Å². The SMILES string of the molecule is COC(=O)CNC(=O)c1c(C)cccc1C. The zero-order chi connectivity index (χ0) is 12.1. The van der Waals surface area contributed by atoms with E-state index in [0.717, 1.165) is 11.1 Å². The quantitative estimate of drug-likeness (QED) is 0.780. The Morgan fingerprint density at radius 1 is 1.25 bits per heavy atom. The van der Waals surface area contributed by atoms with Crippen molar-refractivity contribution in [1.82, 2.24) is 5.32 Å². The molecule has 0 saturated carbocycles. The fourth-order valence-corrected chi connectivity index (χ4v) is 1.49. The first-order valence-electron chi connectivity index (χ1n) is 4.97. The molecule has 0 bridgehead atoms. The summed E-state index contributed by atoms with van der Waals surface area (Å²) in [5, 5.41) is 2.52. The zero-order valence-electron chi connectivity index (χ0n) is 9.66. The lowest BCUT2D eigenvalue weighted by molar-refractivity contribution is -0.139. The number of hydrogen-bond acceptors (Lipinski definition) is 3. The Balaban J connectivity index is 2.77. The summed E-state index contributed by atoms with van der Waals surface area (Å²) in [5.74, 6) is -0.708. The predicted molar refractivity (Wildman–Crippen MR) is 60.3 cm³/mol. The second-order valence-electron chi connectivity index (χ2n) is 3.53. The van der Waals surface area contributed by atoms with E-state index in [4.69, 9.17) is 0 Å². The Kier molecular flexibility index (Phi) is 4.05. The van der Waals surface area contributed by atoms with Crippen LogP contribution in [0.15, 0.2) is 18.2 Å². The minimum atomic E-state index is -0.459. The Labute approximate surface area is 94.6 Å². The van der Waals surface area contributed by atoms with Crippen molar-refractivity contribution < 1.29 is 14.3 Å². The van der Waals surface area contributed by atoms with Crippen molar-refractivity contribution in [2.24, 2.45) is 0 Å². The molecule has 0 heterocycles. The monoisotopic (exact) mass is 221 g/mol. The predicted octanol–water partition coefficient (Wildman–Crippen LogP) is 1.21. The van der Waals surface area contributed by atoms with Crippen LogP contribution in [0.2, 0.25) is 0 Å². The molecule has 0 unspecified atom stereocenters. The van der Waals surface area contributed by atoms with E-state index in [1.54, 1.807) is 0 Å². The lowest BCUT2D eigenvalue weighted by Crippen LogP contribution is -2.31. The van der Waals surface area contributed by atoms with E-state index in [1.165, 1.54) is 7.11 Å². The largest absolute Gasteiger partial charge is 0.468 e. The Morgan fingerprint density at radius 3 is 2.31 bits per heavy atom. The number of nitrogens with one attached hydrogen (secondary N) is 1. The second-order valence-corrected chi connectivity index (χ2v) is 3.53. The smallest absolute Gasteiger partial charge is 0.325 e. The summed E-state index contributed by atoms with van der Waals surface area (Å²) >= 11 is 0. The lowest BCUT2D eigenvalue weighted by Gasteiger charge is -2.09. The van der Waals surface area contributed by atoms with Gasteiger partial charge < -0.3 is 10.1 Å². The third kappa shape index (κ3) is 2.82. The highest BCUT2D eigenvalue weighted by molar-refractivity contribution is 5.98. The molecule has 1 N–H and O–H groups in total. The van der Waals surface area contributed by atoms with Gasteiger partial charge in [0.1, 0.15) is 6.54 Å². The lowest BCUT2D eigenvalue weighted by atomic mass is 10.0. The van der Waals surface area contributed by atoms with E-state index >= 15 is 0 Å². The van der Waals surface area contributed by atoms with E-state index in [-0.39, 0.29) is 12.5 Å². The fourth-order valence-electron chi connectivity index (χ4n) is 1.49. The molecule has 86 valence electrons. The number of amides is 1. The Morgan fingerprint density at radius 2 is 1.81 bits per heavy atom. The molecule has 0 aromatic heterocycles. The topological polar surface area (TPSA) is 55.4 Å². The molecule has 0 atom stereocenters. The Hall–Kier alpha value is -1.84. The van der Waals surface area contributed by atoms with Crippen molar-refractivity contribution in [2.75, 3.05) is 13.7 Å². The van der Waals surface area contributed by atoms with Gasteiger partial charge in [-0.25, -0.2) is 0 Å². The average Bonchev–Trinajstić information content (AvgIpc) is 2.25. The van der Waals surface area contributed by atoms with Crippen LogP contribution in [0, 0.1) is 13.8 Å². The number of hydrogen-bond donors (Lipinski definition) is 1. The molecule has 0 aliphatic rings. The van der Waals surface area contributed by atoms with Crippen molar-refractivity contribution in [3.8, 4) is 0 Å². The highest BCUT2D eigenvalue weighted by Crippen LogP contribution is 2.12. The summed E-state index contributed by atoms with van der Waals surface area (Å²) in [4.78, 5) is 22.7. The van der Waals surface area contributed by atoms with Crippen LogP contribution in [0.3, 0.4) is 0 Å². The van der Waals surface area contributed by atoms with Crippen molar-refractivity contribution in [1.29, 1.82) is 0 Å². The van der Waals surface area contributed by atoms with E-state index in [0.29, 0.717) is 5.56 Å². The summed E-state index contributed by atoms with van der Waals surface area (Å²) in [5.41, 5.74) is 2.40. The van der Waals surface area contributed by atoms with Gasteiger partial charge in [-0.3, -0.25) is 9.59 Å². The molecule has 0 aliphatic heterocycles. The van der Waals surface area contributed by atoms with E-state index in [9.17, 15) is 9.59 Å². The molecular formula is C12H15NO3. The maximum absolute atomic E-state index is 11.8.